The van der Waals surface area contributed by atoms with Gasteiger partial charge < -0.3 is 19.3 Å². The van der Waals surface area contributed by atoms with Crippen LogP contribution in [0.3, 0.4) is 0 Å². The lowest BCUT2D eigenvalue weighted by molar-refractivity contribution is -0.156. The Morgan fingerprint density at radius 2 is 2.25 bits per heavy atom. The van der Waals surface area contributed by atoms with Gasteiger partial charge in [-0.05, 0) is 38.8 Å². The quantitative estimate of drug-likeness (QED) is 0.745. The summed E-state index contributed by atoms with van der Waals surface area (Å²) in [6.45, 7) is 4.40. The number of hydrogen-bond donors (Lipinski definition) is 1. The summed E-state index contributed by atoms with van der Waals surface area (Å²) >= 11 is 1.07. The molecule has 28 heavy (non-hydrogen) atoms. The van der Waals surface area contributed by atoms with Crippen molar-refractivity contribution < 1.29 is 32.3 Å². The van der Waals surface area contributed by atoms with E-state index in [-0.39, 0.29) is 23.1 Å². The van der Waals surface area contributed by atoms with Crippen molar-refractivity contribution in [1.82, 2.24) is 10.1 Å². The molecule has 1 fully saturated rings. The van der Waals surface area contributed by atoms with Gasteiger partial charge in [-0.2, -0.15) is 13.2 Å². The summed E-state index contributed by atoms with van der Waals surface area (Å²) in [6.07, 6.45) is -4.03. The Bertz CT molecular complexity index is 833. The number of hydrogen-bond acceptors (Lipinski definition) is 6. The Balaban J connectivity index is 1.75. The van der Waals surface area contributed by atoms with Crippen LogP contribution in [0.2, 0.25) is 0 Å². The number of ether oxygens (including phenoxy) is 1. The summed E-state index contributed by atoms with van der Waals surface area (Å²) in [5, 5.41) is 13.6. The van der Waals surface area contributed by atoms with E-state index in [1.165, 1.54) is 6.92 Å². The fraction of sp³-hybridized carbons (Fsp3) is 0.556. The molecule has 3 rings (SSSR count). The molecule has 0 bridgehead atoms. The molecule has 1 amide bonds. The van der Waals surface area contributed by atoms with E-state index < -0.39 is 18.2 Å². The molecule has 1 aliphatic heterocycles. The van der Waals surface area contributed by atoms with Gasteiger partial charge in [0.15, 0.2) is 6.29 Å². The van der Waals surface area contributed by atoms with Crippen LogP contribution in [-0.2, 0) is 10.9 Å². The van der Waals surface area contributed by atoms with E-state index in [9.17, 15) is 23.1 Å². The number of aromatic nitrogens is 1. The van der Waals surface area contributed by atoms with Crippen LogP contribution in [0.5, 0.6) is 0 Å². The first-order valence-electron chi connectivity index (χ1n) is 8.95. The van der Waals surface area contributed by atoms with Crippen LogP contribution >= 0.6 is 11.3 Å². The minimum absolute atomic E-state index is 0.0830. The largest absolute Gasteiger partial charge is 0.452 e. The molecule has 0 spiro atoms. The van der Waals surface area contributed by atoms with Crippen molar-refractivity contribution in [3.05, 3.63) is 28.3 Å². The summed E-state index contributed by atoms with van der Waals surface area (Å²) in [5.74, 6) is -1.52. The van der Waals surface area contributed by atoms with Crippen LogP contribution in [0.15, 0.2) is 16.7 Å². The maximum Gasteiger partial charge on any atom is 0.452 e. The molecule has 0 saturated carbocycles. The Hall–Kier alpha value is -1.91. The Morgan fingerprint density at radius 3 is 2.89 bits per heavy atom. The Kier molecular flexibility index (Phi) is 6.11. The second kappa shape index (κ2) is 8.22. The average Bonchev–Trinajstić information content (AvgIpc) is 3.27. The third kappa shape index (κ3) is 4.23. The first kappa shape index (κ1) is 20.8. The summed E-state index contributed by atoms with van der Waals surface area (Å²) in [7, 11) is 0. The molecule has 1 aliphatic rings. The van der Waals surface area contributed by atoms with Crippen molar-refractivity contribution >= 4 is 17.2 Å². The zero-order chi connectivity index (χ0) is 20.5. The zero-order valence-corrected chi connectivity index (χ0v) is 16.3. The van der Waals surface area contributed by atoms with Crippen LogP contribution in [0.1, 0.15) is 40.8 Å². The van der Waals surface area contributed by atoms with Gasteiger partial charge in [-0.1, -0.05) is 5.16 Å². The molecular formula is C18H21F3N2O4S. The molecule has 1 N–H and O–H groups in total. The minimum atomic E-state index is -4.62. The number of thiophene rings is 1. The topological polar surface area (TPSA) is 75.8 Å². The fourth-order valence-corrected chi connectivity index (χ4v) is 4.31. The number of aliphatic hydroxyl groups is 1. The van der Waals surface area contributed by atoms with E-state index in [1.807, 2.05) is 0 Å². The first-order valence-corrected chi connectivity index (χ1v) is 9.76. The predicted octanol–water partition coefficient (Wildman–Crippen LogP) is 3.94. The summed E-state index contributed by atoms with van der Waals surface area (Å²) in [6, 6.07) is 3.14. The maximum absolute atomic E-state index is 12.9. The number of rotatable bonds is 5. The highest BCUT2D eigenvalue weighted by Crippen LogP contribution is 2.38. The molecule has 6 nitrogen and oxygen atoms in total. The monoisotopic (exact) mass is 418 g/mol. The molecule has 1 saturated heterocycles. The smallest absolute Gasteiger partial charge is 0.368 e. The third-order valence-electron chi connectivity index (χ3n) is 4.72. The van der Waals surface area contributed by atoms with Gasteiger partial charge in [0.1, 0.15) is 5.69 Å². The lowest BCUT2D eigenvalue weighted by Gasteiger charge is -2.34. The van der Waals surface area contributed by atoms with Crippen molar-refractivity contribution in [2.75, 3.05) is 19.7 Å². The van der Waals surface area contributed by atoms with Crippen LogP contribution in [0.25, 0.3) is 10.6 Å². The summed E-state index contributed by atoms with van der Waals surface area (Å²) < 4.78 is 48.4. The second-order valence-electron chi connectivity index (χ2n) is 6.65. The molecule has 154 valence electrons. The number of alkyl halides is 3. The van der Waals surface area contributed by atoms with Gasteiger partial charge in [-0.3, -0.25) is 4.79 Å². The molecule has 2 aromatic rings. The molecular weight excluding hydrogens is 397 g/mol. The number of nitrogens with zero attached hydrogens (tertiary/aromatic N) is 2. The number of aliphatic hydroxyl groups excluding tert-OH is 1. The highest BCUT2D eigenvalue weighted by molar-refractivity contribution is 7.17. The van der Waals surface area contributed by atoms with Gasteiger partial charge >= 0.3 is 6.18 Å². The molecule has 3 heterocycles. The fourth-order valence-electron chi connectivity index (χ4n) is 3.30. The van der Waals surface area contributed by atoms with Crippen LogP contribution in [-0.4, -0.2) is 47.1 Å². The van der Waals surface area contributed by atoms with Crippen molar-refractivity contribution in [3.63, 3.8) is 0 Å². The van der Waals surface area contributed by atoms with Gasteiger partial charge in [0.25, 0.3) is 5.91 Å². The second-order valence-corrected chi connectivity index (χ2v) is 7.73. The Morgan fingerprint density at radius 1 is 1.50 bits per heavy atom. The lowest BCUT2D eigenvalue weighted by Crippen LogP contribution is -2.44. The van der Waals surface area contributed by atoms with E-state index in [4.69, 9.17) is 4.74 Å². The number of carbonyl (C=O) groups is 1. The van der Waals surface area contributed by atoms with E-state index >= 15 is 0 Å². The van der Waals surface area contributed by atoms with E-state index in [0.717, 1.165) is 24.2 Å². The van der Waals surface area contributed by atoms with Crippen molar-refractivity contribution in [2.24, 2.45) is 5.92 Å². The molecule has 1 unspecified atom stereocenters. The Labute approximate surface area is 163 Å². The standard InChI is InChI=1S/C18H21F3N2O4S/c1-3-26-17(25)11-5-4-8-23(9-11)16(24)13-7-6-12(28-13)14-10(2)15(27-22-14)18(19,20)21/h6-7,11,17,25H,3-5,8-9H2,1-2H3/t11-,17?/m0/s1. The van der Waals surface area contributed by atoms with Crippen LogP contribution in [0.4, 0.5) is 13.2 Å². The molecule has 0 aromatic carbocycles. The number of halogens is 3. The van der Waals surface area contributed by atoms with Crippen molar-refractivity contribution in [3.8, 4) is 10.6 Å². The van der Waals surface area contributed by atoms with Gasteiger partial charge in [0, 0.05) is 31.2 Å². The average molecular weight is 418 g/mol. The molecule has 0 aliphatic carbocycles. The van der Waals surface area contributed by atoms with E-state index in [1.54, 1.807) is 24.0 Å². The number of carbonyl (C=O) groups excluding carboxylic acids is 1. The van der Waals surface area contributed by atoms with Crippen molar-refractivity contribution in [2.45, 2.75) is 39.2 Å². The molecule has 10 heteroatoms. The van der Waals surface area contributed by atoms with Crippen molar-refractivity contribution in [1.29, 1.82) is 0 Å². The summed E-state index contributed by atoms with van der Waals surface area (Å²) in [5.41, 5.74) is -0.0223. The first-order chi connectivity index (χ1) is 13.2. The summed E-state index contributed by atoms with van der Waals surface area (Å²) in [4.78, 5) is 15.3. The molecule has 0 radical (unpaired) electrons. The third-order valence-corrected chi connectivity index (χ3v) is 5.80. The molecule has 2 atom stereocenters. The molecule has 2 aromatic heterocycles. The van der Waals surface area contributed by atoms with E-state index in [2.05, 4.69) is 9.68 Å². The number of amides is 1. The normalized spacial score (nSPS) is 19.1. The lowest BCUT2D eigenvalue weighted by atomic mass is 9.97. The highest BCUT2D eigenvalue weighted by Gasteiger charge is 2.39. The predicted molar refractivity (Wildman–Crippen MR) is 95.8 cm³/mol. The highest BCUT2D eigenvalue weighted by atomic mass is 32.1. The minimum Gasteiger partial charge on any atom is -0.368 e. The van der Waals surface area contributed by atoms with Crippen LogP contribution < -0.4 is 0 Å². The maximum atomic E-state index is 12.9. The van der Waals surface area contributed by atoms with Gasteiger partial charge in [0.2, 0.25) is 5.76 Å². The van der Waals surface area contributed by atoms with Gasteiger partial charge in [-0.25, -0.2) is 0 Å². The zero-order valence-electron chi connectivity index (χ0n) is 15.5. The van der Waals surface area contributed by atoms with E-state index in [0.29, 0.717) is 29.5 Å². The number of piperidine rings is 1. The SMILES string of the molecule is CCOC(O)[C@H]1CCCN(C(=O)c2ccc(-c3noc(C(F)(F)F)c3C)s2)C1. The van der Waals surface area contributed by atoms with Gasteiger partial charge in [0.05, 0.1) is 9.75 Å². The van der Waals surface area contributed by atoms with Crippen LogP contribution in [0, 0.1) is 12.8 Å². The number of likely N-dealkylation sites (tertiary alicyclic amines) is 1. The van der Waals surface area contributed by atoms with Gasteiger partial charge in [-0.15, -0.1) is 11.3 Å².